The van der Waals surface area contributed by atoms with E-state index in [0.717, 1.165) is 23.8 Å². The minimum Gasteiger partial charge on any atom is -0.481 e. The number of anilines is 1. The maximum Gasteiger partial charge on any atom is 0.303 e. The Morgan fingerprint density at radius 2 is 2.40 bits per heavy atom. The number of carboxylic acids is 1. The molecule has 0 saturated carbocycles. The molecule has 0 spiro atoms. The lowest BCUT2D eigenvalue weighted by molar-refractivity contribution is -0.137. The van der Waals surface area contributed by atoms with Crippen LogP contribution in [0.3, 0.4) is 0 Å². The van der Waals surface area contributed by atoms with Gasteiger partial charge in [-0.1, -0.05) is 6.92 Å². The summed E-state index contributed by atoms with van der Waals surface area (Å²) in [7, 11) is 0. The largest absolute Gasteiger partial charge is 0.481 e. The number of carbonyl (C=O) groups is 1. The zero-order valence-corrected chi connectivity index (χ0v) is 9.51. The van der Waals surface area contributed by atoms with E-state index in [0.29, 0.717) is 13.0 Å². The molecule has 0 unspecified atom stereocenters. The van der Waals surface area contributed by atoms with Crippen molar-refractivity contribution < 1.29 is 9.90 Å². The van der Waals surface area contributed by atoms with Crippen LogP contribution in [0, 0.1) is 0 Å². The number of aliphatic carboxylic acids is 1. The number of rotatable bonds is 7. The summed E-state index contributed by atoms with van der Waals surface area (Å²) in [5.74, 6) is 0.101. The lowest BCUT2D eigenvalue weighted by Gasteiger charge is -1.98. The molecule has 0 aliphatic carbocycles. The van der Waals surface area contributed by atoms with Crippen LogP contribution in [0.15, 0.2) is 0 Å². The van der Waals surface area contributed by atoms with Crippen molar-refractivity contribution >= 4 is 22.6 Å². The Labute approximate surface area is 92.7 Å². The third kappa shape index (κ3) is 4.73. The minimum atomic E-state index is -0.763. The molecule has 0 bridgehead atoms. The molecular weight excluding hydrogens is 214 g/mol. The fourth-order valence-corrected chi connectivity index (χ4v) is 1.72. The summed E-state index contributed by atoms with van der Waals surface area (Å²) in [5, 5.41) is 12.3. The van der Waals surface area contributed by atoms with Crippen LogP contribution in [0.25, 0.3) is 0 Å². The van der Waals surface area contributed by atoms with Gasteiger partial charge in [0.05, 0.1) is 0 Å². The standard InChI is InChI=1S/C9H15N3O2S/c1-2-4-7-11-9(15-12-7)10-6-3-5-8(13)14/h2-6H2,1H3,(H,13,14)(H,10,11,12). The van der Waals surface area contributed by atoms with E-state index in [4.69, 9.17) is 5.11 Å². The zero-order valence-electron chi connectivity index (χ0n) is 8.69. The molecule has 15 heavy (non-hydrogen) atoms. The molecule has 0 aromatic carbocycles. The number of aryl methyl sites for hydroxylation is 1. The summed E-state index contributed by atoms with van der Waals surface area (Å²) in [6.45, 7) is 2.72. The predicted molar refractivity (Wildman–Crippen MR) is 59.3 cm³/mol. The van der Waals surface area contributed by atoms with Crippen LogP contribution in [0.2, 0.25) is 0 Å². The van der Waals surface area contributed by atoms with Crippen LogP contribution < -0.4 is 5.32 Å². The molecule has 1 rings (SSSR count). The highest BCUT2D eigenvalue weighted by molar-refractivity contribution is 7.09. The van der Waals surface area contributed by atoms with E-state index in [1.807, 2.05) is 0 Å². The first-order valence-corrected chi connectivity index (χ1v) is 5.78. The molecule has 0 radical (unpaired) electrons. The van der Waals surface area contributed by atoms with Crippen LogP contribution in [0.1, 0.15) is 32.0 Å². The van der Waals surface area contributed by atoms with Gasteiger partial charge in [-0.25, -0.2) is 4.98 Å². The van der Waals surface area contributed by atoms with Gasteiger partial charge < -0.3 is 10.4 Å². The zero-order chi connectivity index (χ0) is 11.1. The second-order valence-corrected chi connectivity index (χ2v) is 3.94. The van der Waals surface area contributed by atoms with Gasteiger partial charge in [0, 0.05) is 30.9 Å². The molecule has 0 atom stereocenters. The van der Waals surface area contributed by atoms with Crippen LogP contribution in [0.4, 0.5) is 5.13 Å². The third-order valence-electron chi connectivity index (χ3n) is 1.79. The maximum atomic E-state index is 10.2. The Balaban J connectivity index is 2.22. The van der Waals surface area contributed by atoms with Crippen LogP contribution in [0.5, 0.6) is 0 Å². The topological polar surface area (TPSA) is 75.1 Å². The molecule has 0 aliphatic heterocycles. The van der Waals surface area contributed by atoms with E-state index >= 15 is 0 Å². The van der Waals surface area contributed by atoms with Crippen LogP contribution >= 0.6 is 11.5 Å². The number of carboxylic acid groups (broad SMARTS) is 1. The van der Waals surface area contributed by atoms with E-state index in [1.54, 1.807) is 0 Å². The molecule has 0 amide bonds. The number of nitrogens with one attached hydrogen (secondary N) is 1. The van der Waals surface area contributed by atoms with E-state index in [-0.39, 0.29) is 6.42 Å². The Kier molecular flexibility index (Phi) is 5.03. The number of hydrogen-bond acceptors (Lipinski definition) is 5. The Bertz CT molecular complexity index is 314. The summed E-state index contributed by atoms with van der Waals surface area (Å²) in [5.41, 5.74) is 0. The third-order valence-corrected chi connectivity index (χ3v) is 2.50. The summed E-state index contributed by atoms with van der Waals surface area (Å²) in [6.07, 6.45) is 2.73. The number of nitrogens with zero attached hydrogens (tertiary/aromatic N) is 2. The first kappa shape index (κ1) is 11.9. The molecule has 84 valence electrons. The smallest absolute Gasteiger partial charge is 0.303 e. The van der Waals surface area contributed by atoms with Gasteiger partial charge in [0.15, 0.2) is 0 Å². The molecule has 0 saturated heterocycles. The molecule has 0 fully saturated rings. The highest BCUT2D eigenvalue weighted by Crippen LogP contribution is 2.11. The van der Waals surface area contributed by atoms with E-state index < -0.39 is 5.97 Å². The van der Waals surface area contributed by atoms with Gasteiger partial charge in [-0.05, 0) is 12.8 Å². The van der Waals surface area contributed by atoms with Crippen molar-refractivity contribution in [3.8, 4) is 0 Å². The molecule has 0 aliphatic rings. The van der Waals surface area contributed by atoms with E-state index in [9.17, 15) is 4.79 Å². The molecule has 2 N–H and O–H groups in total. The average molecular weight is 229 g/mol. The first-order valence-electron chi connectivity index (χ1n) is 5.00. The monoisotopic (exact) mass is 229 g/mol. The van der Waals surface area contributed by atoms with Gasteiger partial charge in [0.25, 0.3) is 0 Å². The molecule has 6 heteroatoms. The van der Waals surface area contributed by atoms with Crippen LogP contribution in [-0.4, -0.2) is 27.0 Å². The fraction of sp³-hybridized carbons (Fsp3) is 0.667. The fourth-order valence-electron chi connectivity index (χ4n) is 1.09. The van der Waals surface area contributed by atoms with Gasteiger partial charge in [-0.15, -0.1) is 0 Å². The SMILES string of the molecule is CCCc1nsc(NCCCC(=O)O)n1. The van der Waals surface area contributed by atoms with Crippen molar-refractivity contribution in [1.82, 2.24) is 9.36 Å². The van der Waals surface area contributed by atoms with Crippen molar-refractivity contribution in [1.29, 1.82) is 0 Å². The van der Waals surface area contributed by atoms with Gasteiger partial charge in [0.2, 0.25) is 5.13 Å². The Morgan fingerprint density at radius 3 is 3.07 bits per heavy atom. The highest BCUT2D eigenvalue weighted by atomic mass is 32.1. The Hall–Kier alpha value is -1.17. The summed E-state index contributed by atoms with van der Waals surface area (Å²) in [6, 6.07) is 0. The number of aromatic nitrogens is 2. The first-order chi connectivity index (χ1) is 7.22. The Morgan fingerprint density at radius 1 is 1.60 bits per heavy atom. The van der Waals surface area contributed by atoms with Gasteiger partial charge in [0.1, 0.15) is 5.82 Å². The second kappa shape index (κ2) is 6.34. The van der Waals surface area contributed by atoms with Crippen molar-refractivity contribution in [2.75, 3.05) is 11.9 Å². The maximum absolute atomic E-state index is 10.2. The molecular formula is C9H15N3O2S. The summed E-state index contributed by atoms with van der Waals surface area (Å²) < 4.78 is 4.17. The minimum absolute atomic E-state index is 0.188. The predicted octanol–water partition coefficient (Wildman–Crippen LogP) is 1.77. The van der Waals surface area contributed by atoms with Crippen molar-refractivity contribution in [3.63, 3.8) is 0 Å². The van der Waals surface area contributed by atoms with Gasteiger partial charge in [-0.3, -0.25) is 4.79 Å². The van der Waals surface area contributed by atoms with Crippen molar-refractivity contribution in [2.24, 2.45) is 0 Å². The van der Waals surface area contributed by atoms with Gasteiger partial charge in [-0.2, -0.15) is 4.37 Å². The molecule has 5 nitrogen and oxygen atoms in total. The lowest BCUT2D eigenvalue weighted by Crippen LogP contribution is -2.04. The van der Waals surface area contributed by atoms with E-state index in [2.05, 4.69) is 21.6 Å². The lowest BCUT2D eigenvalue weighted by atomic mass is 10.3. The van der Waals surface area contributed by atoms with Crippen molar-refractivity contribution in [2.45, 2.75) is 32.6 Å². The molecule has 1 aromatic rings. The molecule has 1 heterocycles. The van der Waals surface area contributed by atoms with Crippen LogP contribution in [-0.2, 0) is 11.2 Å². The van der Waals surface area contributed by atoms with Crippen molar-refractivity contribution in [3.05, 3.63) is 5.82 Å². The summed E-state index contributed by atoms with van der Waals surface area (Å²) >= 11 is 1.33. The molecule has 1 aromatic heterocycles. The summed E-state index contributed by atoms with van der Waals surface area (Å²) in [4.78, 5) is 14.5. The van der Waals surface area contributed by atoms with E-state index in [1.165, 1.54) is 11.5 Å². The quantitative estimate of drug-likeness (QED) is 0.697. The van der Waals surface area contributed by atoms with Gasteiger partial charge >= 0.3 is 5.97 Å². The highest BCUT2D eigenvalue weighted by Gasteiger charge is 2.02. The second-order valence-electron chi connectivity index (χ2n) is 3.19. The normalized spacial score (nSPS) is 10.2. The average Bonchev–Trinajstić information content (AvgIpc) is 2.61. The number of hydrogen-bond donors (Lipinski definition) is 2.